The van der Waals surface area contributed by atoms with Crippen molar-refractivity contribution in [1.29, 1.82) is 0 Å². The van der Waals surface area contributed by atoms with Gasteiger partial charge in [0.15, 0.2) is 0 Å². The Balaban J connectivity index is 1.83. The summed E-state index contributed by atoms with van der Waals surface area (Å²) in [6.45, 7) is 0. The van der Waals surface area contributed by atoms with Gasteiger partial charge in [0, 0.05) is 56.5 Å². The fraction of sp³-hybridized carbons (Fsp3) is 0.333. The summed E-state index contributed by atoms with van der Waals surface area (Å²) < 4.78 is 0. The molecule has 1 aliphatic heterocycles. The van der Waals surface area contributed by atoms with Crippen molar-refractivity contribution >= 4 is 70.8 Å². The van der Waals surface area contributed by atoms with Crippen LogP contribution < -0.4 is 0 Å². The van der Waals surface area contributed by atoms with E-state index in [9.17, 15) is 5.11 Å². The average Bonchev–Trinajstić information content (AvgIpc) is 2.44. The molecule has 1 aromatic carbocycles. The fourth-order valence-electron chi connectivity index (χ4n) is 2.10. The van der Waals surface area contributed by atoms with E-state index in [1.165, 1.54) is 5.56 Å². The molecule has 1 N–H and O–H groups in total. The van der Waals surface area contributed by atoms with Gasteiger partial charge in [0.25, 0.3) is 0 Å². The zero-order chi connectivity index (χ0) is 14.0. The van der Waals surface area contributed by atoms with Gasteiger partial charge in [-0.05, 0) is 24.1 Å². The van der Waals surface area contributed by atoms with Gasteiger partial charge in [0.05, 0.1) is 14.3 Å². The van der Waals surface area contributed by atoms with Gasteiger partial charge in [-0.1, -0.05) is 24.3 Å². The first-order chi connectivity index (χ1) is 9.84. The van der Waals surface area contributed by atoms with Crippen molar-refractivity contribution in [2.75, 3.05) is 0 Å². The summed E-state index contributed by atoms with van der Waals surface area (Å²) in [5.74, 6) is 0.792. The van der Waals surface area contributed by atoms with Crippen LogP contribution >= 0.6 is 0 Å². The lowest BCUT2D eigenvalue weighted by molar-refractivity contribution is 0.475. The summed E-state index contributed by atoms with van der Waals surface area (Å²) in [7, 11) is 20.8. The highest BCUT2D eigenvalue weighted by molar-refractivity contribution is 7.69. The number of aromatic hydroxyl groups is 1. The Kier molecular flexibility index (Phi) is 7.68. The van der Waals surface area contributed by atoms with E-state index in [4.69, 9.17) is 0 Å². The van der Waals surface area contributed by atoms with Crippen LogP contribution in [0, 0.1) is 0 Å². The molecule has 0 aliphatic carbocycles. The van der Waals surface area contributed by atoms with Crippen molar-refractivity contribution in [1.82, 2.24) is 0 Å². The minimum Gasteiger partial charge on any atom is -0.508 e. The SMILES string of the molecule is Oc1ccc(C[C@@H]2[B][B][B][B][B][B][B][B][B][B]C2)cc1. The highest BCUT2D eigenvalue weighted by Gasteiger charge is 2.12. The van der Waals surface area contributed by atoms with Crippen LogP contribution in [0.15, 0.2) is 24.3 Å². The molecule has 0 unspecified atom stereocenters. The Bertz CT molecular complexity index is 361. The predicted molar refractivity (Wildman–Crippen MR) is 97.9 cm³/mol. The standard InChI is InChI=1S/C9H10B10O/c20-9-3-1-7(2-4-9)5-8-6-10-12-14-16-18-19-17-15-13-11-8/h1-4,8,20H,5-6H2/t8-/m0/s1. The average molecular weight is 242 g/mol. The van der Waals surface area contributed by atoms with Crippen LogP contribution in [0.2, 0.25) is 12.1 Å². The fourth-order valence-corrected chi connectivity index (χ4v) is 2.10. The second-order valence-corrected chi connectivity index (χ2v) is 4.83. The second kappa shape index (κ2) is 9.58. The number of hydrogen-bond acceptors (Lipinski definition) is 1. The third kappa shape index (κ3) is 6.41. The molecule has 1 fully saturated rings. The minimum absolute atomic E-state index is 0.322. The van der Waals surface area contributed by atoms with Crippen LogP contribution in [0.1, 0.15) is 5.56 Å². The van der Waals surface area contributed by atoms with Crippen molar-refractivity contribution in [2.45, 2.75) is 18.6 Å². The molecule has 2 rings (SSSR count). The zero-order valence-corrected chi connectivity index (χ0v) is 11.5. The Morgan fingerprint density at radius 3 is 2.15 bits per heavy atom. The highest BCUT2D eigenvalue weighted by Crippen LogP contribution is 2.19. The molecule has 1 aliphatic rings. The Morgan fingerprint density at radius 2 is 1.45 bits per heavy atom. The quantitative estimate of drug-likeness (QED) is 0.622. The van der Waals surface area contributed by atoms with Gasteiger partial charge in [-0.2, -0.15) is 0 Å². The molecule has 0 amide bonds. The van der Waals surface area contributed by atoms with Crippen LogP contribution in [0.4, 0.5) is 0 Å². The Labute approximate surface area is 130 Å². The van der Waals surface area contributed by atoms with E-state index < -0.39 is 0 Å². The summed E-state index contributed by atoms with van der Waals surface area (Å²) in [6, 6.07) is 7.47. The smallest absolute Gasteiger partial charge is 0.115 e. The van der Waals surface area contributed by atoms with E-state index in [0.717, 1.165) is 12.7 Å². The van der Waals surface area contributed by atoms with Gasteiger partial charge in [0.1, 0.15) is 5.75 Å². The van der Waals surface area contributed by atoms with Crippen molar-refractivity contribution in [2.24, 2.45) is 0 Å². The lowest BCUT2D eigenvalue weighted by Crippen LogP contribution is -2.35. The molecule has 0 saturated carbocycles. The number of rotatable bonds is 2. The first-order valence-electron chi connectivity index (χ1n) is 6.96. The third-order valence-electron chi connectivity index (χ3n) is 3.17. The van der Waals surface area contributed by atoms with E-state index in [1.54, 1.807) is 12.1 Å². The summed E-state index contributed by atoms with van der Waals surface area (Å²) in [5, 5.41) is 9.32. The monoisotopic (exact) mass is 244 g/mol. The molecule has 1 nitrogen and oxygen atoms in total. The molecular formula is C9H10B10O. The Morgan fingerprint density at radius 1 is 0.850 bits per heavy atom. The number of hydrogen-bond donors (Lipinski definition) is 1. The maximum atomic E-state index is 9.32. The lowest BCUT2D eigenvalue weighted by atomic mass is 8.87. The number of phenolic OH excluding ortho intramolecular Hbond substituents is 1. The molecule has 0 bridgehead atoms. The highest BCUT2D eigenvalue weighted by atomic mass is 16.3. The molecule has 1 aromatic rings. The Hall–Kier alpha value is -0.331. The molecule has 82 valence electrons. The van der Waals surface area contributed by atoms with Crippen LogP contribution in [0.5, 0.6) is 5.75 Å². The van der Waals surface area contributed by atoms with E-state index in [0.29, 0.717) is 11.6 Å². The minimum atomic E-state index is 0.322. The van der Waals surface area contributed by atoms with Crippen molar-refractivity contribution in [3.63, 3.8) is 0 Å². The molecule has 10 radical (unpaired) electrons. The number of phenols is 1. The summed E-state index contributed by atoms with van der Waals surface area (Å²) >= 11 is 0. The van der Waals surface area contributed by atoms with Crippen LogP contribution in [0.3, 0.4) is 0 Å². The van der Waals surface area contributed by atoms with E-state index in [2.05, 4.69) is 35.5 Å². The van der Waals surface area contributed by atoms with Crippen molar-refractivity contribution in [3.8, 4) is 5.75 Å². The summed E-state index contributed by atoms with van der Waals surface area (Å²) in [4.78, 5) is 0. The molecule has 11 heteroatoms. The van der Waals surface area contributed by atoms with Gasteiger partial charge in [-0.25, -0.2) is 0 Å². The third-order valence-corrected chi connectivity index (χ3v) is 3.17. The molecule has 1 atom stereocenters. The first-order valence-corrected chi connectivity index (χ1v) is 6.96. The van der Waals surface area contributed by atoms with Gasteiger partial charge in [-0.3, -0.25) is 0 Å². The molecule has 0 spiro atoms. The molecule has 0 aromatic heterocycles. The zero-order valence-electron chi connectivity index (χ0n) is 11.5. The lowest BCUT2D eigenvalue weighted by Gasteiger charge is -2.17. The topological polar surface area (TPSA) is 20.2 Å². The molecule has 1 saturated heterocycles. The van der Waals surface area contributed by atoms with Gasteiger partial charge >= 0.3 is 0 Å². The van der Waals surface area contributed by atoms with Crippen molar-refractivity contribution < 1.29 is 5.11 Å². The summed E-state index contributed by atoms with van der Waals surface area (Å²) in [5.41, 5.74) is 1.25. The van der Waals surface area contributed by atoms with Gasteiger partial charge in [-0.15, -0.1) is 0 Å². The van der Waals surface area contributed by atoms with Gasteiger partial charge in [0.2, 0.25) is 0 Å². The van der Waals surface area contributed by atoms with E-state index in [1.807, 2.05) is 47.4 Å². The van der Waals surface area contributed by atoms with Gasteiger partial charge < -0.3 is 5.11 Å². The predicted octanol–water partition coefficient (Wildman–Crippen LogP) is -1.57. The van der Waals surface area contributed by atoms with E-state index in [-0.39, 0.29) is 0 Å². The van der Waals surface area contributed by atoms with Crippen LogP contribution in [0.25, 0.3) is 0 Å². The molecular weight excluding hydrogens is 232 g/mol. The van der Waals surface area contributed by atoms with E-state index >= 15 is 0 Å². The maximum absolute atomic E-state index is 9.32. The number of benzene rings is 1. The normalized spacial score (nSPS) is 18.7. The molecule has 20 heavy (non-hydrogen) atoms. The first kappa shape index (κ1) is 16.0. The van der Waals surface area contributed by atoms with Crippen molar-refractivity contribution in [3.05, 3.63) is 29.8 Å². The second-order valence-electron chi connectivity index (χ2n) is 4.83. The van der Waals surface area contributed by atoms with Crippen LogP contribution in [-0.4, -0.2) is 75.9 Å². The maximum Gasteiger partial charge on any atom is 0.115 e. The van der Waals surface area contributed by atoms with Crippen LogP contribution in [-0.2, 0) is 6.42 Å². The largest absolute Gasteiger partial charge is 0.508 e. The summed E-state index contributed by atoms with van der Waals surface area (Å²) in [6.07, 6.45) is 1.99. The molecule has 1 heterocycles.